The zero-order chi connectivity index (χ0) is 10.0. The first-order chi connectivity index (χ1) is 6.06. The quantitative estimate of drug-likeness (QED) is 0.742. The zero-order valence-corrected chi connectivity index (χ0v) is 8.07. The predicted molar refractivity (Wildman–Crippen MR) is 48.7 cm³/mol. The molecule has 0 radical (unpaired) electrons. The zero-order valence-electron chi connectivity index (χ0n) is 7.25. The second-order valence-corrected chi connectivity index (χ2v) is 3.48. The van der Waals surface area contributed by atoms with Crippen LogP contribution in [0.3, 0.4) is 0 Å². The van der Waals surface area contributed by atoms with E-state index < -0.39 is 6.09 Å². The summed E-state index contributed by atoms with van der Waals surface area (Å²) in [4.78, 5) is 11.0. The van der Waals surface area contributed by atoms with Crippen LogP contribution in [-0.2, 0) is 0 Å². The first-order valence-electron chi connectivity index (χ1n) is 3.53. The van der Waals surface area contributed by atoms with Gasteiger partial charge in [0.25, 0.3) is 0 Å². The van der Waals surface area contributed by atoms with Gasteiger partial charge in [-0.2, -0.15) is 5.26 Å². The fourth-order valence-corrected chi connectivity index (χ4v) is 1.83. The van der Waals surface area contributed by atoms with E-state index in [0.29, 0.717) is 9.94 Å². The molecule has 0 aromatic carbocycles. The van der Waals surface area contributed by atoms with E-state index in [9.17, 15) is 4.79 Å². The Morgan fingerprint density at radius 3 is 2.54 bits per heavy atom. The van der Waals surface area contributed by atoms with Crippen LogP contribution in [0.25, 0.3) is 0 Å². The Bertz CT molecular complexity index is 390. The first kappa shape index (κ1) is 9.55. The third kappa shape index (κ3) is 1.79. The maximum absolute atomic E-state index is 10.5. The second-order valence-electron chi connectivity index (χ2n) is 2.50. The van der Waals surface area contributed by atoms with Gasteiger partial charge in [-0.1, -0.05) is 11.3 Å². The number of nitriles is 1. The molecule has 0 spiro atoms. The van der Waals surface area contributed by atoms with Gasteiger partial charge in [0.15, 0.2) is 5.06 Å². The minimum absolute atomic E-state index is 0.404. The molecule has 1 aromatic heterocycles. The molecule has 1 aromatic rings. The van der Waals surface area contributed by atoms with E-state index in [1.807, 2.05) is 6.07 Å². The molecule has 0 unspecified atom stereocenters. The molecule has 13 heavy (non-hydrogen) atoms. The molecule has 0 saturated heterocycles. The predicted octanol–water partition coefficient (Wildman–Crippen LogP) is 1.69. The number of thiophene rings is 1. The second kappa shape index (κ2) is 3.46. The number of nitrogens with two attached hydrogens (primary N) is 1. The number of hydrogen-bond acceptors (Lipinski definition) is 4. The molecule has 0 fully saturated rings. The largest absolute Gasteiger partial charge is 0.410 e. The molecule has 5 heteroatoms. The summed E-state index contributed by atoms with van der Waals surface area (Å²) in [5.41, 5.74) is 6.49. The highest BCUT2D eigenvalue weighted by atomic mass is 32.1. The monoisotopic (exact) mass is 196 g/mol. The Labute approximate surface area is 79.5 Å². The highest BCUT2D eigenvalue weighted by molar-refractivity contribution is 7.14. The highest BCUT2D eigenvalue weighted by Crippen LogP contribution is 2.33. The van der Waals surface area contributed by atoms with Gasteiger partial charge in [-0.3, -0.25) is 0 Å². The van der Waals surface area contributed by atoms with Gasteiger partial charge >= 0.3 is 6.09 Å². The van der Waals surface area contributed by atoms with Gasteiger partial charge in [-0.15, -0.1) is 0 Å². The van der Waals surface area contributed by atoms with Crippen LogP contribution in [-0.4, -0.2) is 6.09 Å². The standard InChI is InChI=1S/C8H8N2O2S/c1-4-5(2)7(12-8(10)11)13-6(4)3-9/h1-2H3,(H2,10,11). The van der Waals surface area contributed by atoms with Gasteiger partial charge < -0.3 is 10.5 Å². The number of ether oxygens (including phenoxy) is 1. The Balaban J connectivity index is 3.11. The molecule has 0 atom stereocenters. The summed E-state index contributed by atoms with van der Waals surface area (Å²) in [6.45, 7) is 3.59. The van der Waals surface area contributed by atoms with Gasteiger partial charge in [0.1, 0.15) is 10.9 Å². The van der Waals surface area contributed by atoms with E-state index in [1.165, 1.54) is 0 Å². The lowest BCUT2D eigenvalue weighted by molar-refractivity contribution is 0.212. The summed E-state index contributed by atoms with van der Waals surface area (Å²) in [5, 5.41) is 9.08. The van der Waals surface area contributed by atoms with Crippen LogP contribution in [0.5, 0.6) is 5.06 Å². The molecule has 0 aliphatic heterocycles. The fourth-order valence-electron chi connectivity index (χ4n) is 0.865. The van der Waals surface area contributed by atoms with Crippen molar-refractivity contribution in [3.8, 4) is 11.1 Å². The van der Waals surface area contributed by atoms with Crippen LogP contribution in [0.2, 0.25) is 0 Å². The fraction of sp³-hybridized carbons (Fsp3) is 0.250. The third-order valence-corrected chi connectivity index (χ3v) is 2.88. The van der Waals surface area contributed by atoms with Gasteiger partial charge in [0.05, 0.1) is 0 Å². The van der Waals surface area contributed by atoms with E-state index in [-0.39, 0.29) is 0 Å². The molecule has 1 amide bonds. The molecule has 0 saturated carbocycles. The lowest BCUT2D eigenvalue weighted by Gasteiger charge is -1.96. The maximum Gasteiger partial charge on any atom is 0.410 e. The summed E-state index contributed by atoms with van der Waals surface area (Å²) < 4.78 is 4.71. The lowest BCUT2D eigenvalue weighted by atomic mass is 10.2. The number of hydrogen-bond donors (Lipinski definition) is 1. The lowest BCUT2D eigenvalue weighted by Crippen LogP contribution is -2.15. The molecular formula is C8H8N2O2S. The Morgan fingerprint density at radius 1 is 1.54 bits per heavy atom. The molecule has 1 heterocycles. The van der Waals surface area contributed by atoms with Crippen molar-refractivity contribution in [3.63, 3.8) is 0 Å². The minimum atomic E-state index is -0.853. The van der Waals surface area contributed by atoms with Crippen molar-refractivity contribution in [1.29, 1.82) is 5.26 Å². The molecule has 0 aliphatic rings. The summed E-state index contributed by atoms with van der Waals surface area (Å²) in [7, 11) is 0. The molecular weight excluding hydrogens is 188 g/mol. The van der Waals surface area contributed by atoms with Crippen molar-refractivity contribution in [1.82, 2.24) is 0 Å². The van der Waals surface area contributed by atoms with E-state index in [1.54, 1.807) is 13.8 Å². The van der Waals surface area contributed by atoms with Crippen molar-refractivity contribution >= 4 is 17.4 Å². The van der Waals surface area contributed by atoms with E-state index in [4.69, 9.17) is 15.7 Å². The average Bonchev–Trinajstić information content (AvgIpc) is 2.32. The van der Waals surface area contributed by atoms with Gasteiger partial charge in [0.2, 0.25) is 0 Å². The first-order valence-corrected chi connectivity index (χ1v) is 4.35. The smallest absolute Gasteiger partial charge is 0.399 e. The molecule has 68 valence electrons. The summed E-state index contributed by atoms with van der Waals surface area (Å²) in [6, 6.07) is 2.02. The number of rotatable bonds is 1. The number of primary amides is 1. The third-order valence-electron chi connectivity index (χ3n) is 1.70. The van der Waals surface area contributed by atoms with Crippen LogP contribution in [0.1, 0.15) is 16.0 Å². The molecule has 0 aliphatic carbocycles. The van der Waals surface area contributed by atoms with Crippen LogP contribution >= 0.6 is 11.3 Å². The molecule has 2 N–H and O–H groups in total. The average molecular weight is 196 g/mol. The SMILES string of the molecule is Cc1c(C#N)sc(OC(N)=O)c1C. The molecule has 4 nitrogen and oxygen atoms in total. The van der Waals surface area contributed by atoms with Gasteiger partial charge in [0, 0.05) is 5.56 Å². The minimum Gasteiger partial charge on any atom is -0.399 e. The van der Waals surface area contributed by atoms with Crippen LogP contribution < -0.4 is 10.5 Å². The Hall–Kier alpha value is -1.54. The van der Waals surface area contributed by atoms with Crippen molar-refractivity contribution in [2.45, 2.75) is 13.8 Å². The number of nitrogens with zero attached hydrogens (tertiary/aromatic N) is 1. The van der Waals surface area contributed by atoms with Gasteiger partial charge in [-0.25, -0.2) is 4.79 Å². The topological polar surface area (TPSA) is 76.1 Å². The van der Waals surface area contributed by atoms with Crippen LogP contribution in [0.15, 0.2) is 0 Å². The summed E-state index contributed by atoms with van der Waals surface area (Å²) in [5.74, 6) is 0. The number of amides is 1. The van der Waals surface area contributed by atoms with Crippen molar-refractivity contribution in [2.24, 2.45) is 5.73 Å². The number of carbonyl (C=O) groups excluding carboxylic acids is 1. The van der Waals surface area contributed by atoms with Crippen molar-refractivity contribution in [2.75, 3.05) is 0 Å². The van der Waals surface area contributed by atoms with Crippen LogP contribution in [0.4, 0.5) is 4.79 Å². The number of carbonyl (C=O) groups is 1. The van der Waals surface area contributed by atoms with Gasteiger partial charge in [-0.05, 0) is 19.4 Å². The normalized spacial score (nSPS) is 9.31. The van der Waals surface area contributed by atoms with Crippen molar-refractivity contribution < 1.29 is 9.53 Å². The summed E-state index contributed by atoms with van der Waals surface area (Å²) in [6.07, 6.45) is -0.853. The summed E-state index contributed by atoms with van der Waals surface area (Å²) >= 11 is 1.13. The maximum atomic E-state index is 10.5. The van der Waals surface area contributed by atoms with E-state index >= 15 is 0 Å². The van der Waals surface area contributed by atoms with E-state index in [0.717, 1.165) is 22.5 Å². The van der Waals surface area contributed by atoms with Crippen LogP contribution in [0, 0.1) is 25.2 Å². The Kier molecular flexibility index (Phi) is 2.54. The van der Waals surface area contributed by atoms with Crippen molar-refractivity contribution in [3.05, 3.63) is 16.0 Å². The molecule has 1 rings (SSSR count). The van der Waals surface area contributed by atoms with E-state index in [2.05, 4.69) is 0 Å². The Morgan fingerprint density at radius 2 is 2.15 bits per heavy atom. The highest BCUT2D eigenvalue weighted by Gasteiger charge is 2.13. The molecule has 0 bridgehead atoms.